The highest BCUT2D eigenvalue weighted by molar-refractivity contribution is 9.10. The number of rotatable bonds is 7. The van der Waals surface area contributed by atoms with Gasteiger partial charge in [0.15, 0.2) is 6.61 Å². The number of amides is 2. The zero-order valence-corrected chi connectivity index (χ0v) is 18.5. The van der Waals surface area contributed by atoms with Gasteiger partial charge < -0.3 is 10.1 Å². The molecule has 0 atom stereocenters. The topological polar surface area (TPSA) is 61.9 Å². The molecule has 0 saturated carbocycles. The van der Waals surface area contributed by atoms with Crippen molar-refractivity contribution >= 4 is 33.4 Å². The maximum atomic E-state index is 12.6. The number of hydrogen-bond acceptors (Lipinski definition) is 4. The number of ether oxygens (including phenoxy) is 1. The molecule has 1 aliphatic heterocycles. The van der Waals surface area contributed by atoms with Gasteiger partial charge in [0.1, 0.15) is 12.3 Å². The van der Waals surface area contributed by atoms with Crippen LogP contribution in [0, 0.1) is 0 Å². The molecule has 2 amide bonds. The lowest BCUT2D eigenvalue weighted by molar-refractivity contribution is -0.125. The van der Waals surface area contributed by atoms with Gasteiger partial charge in [-0.25, -0.2) is 0 Å². The highest BCUT2D eigenvalue weighted by atomic mass is 79.9. The van der Waals surface area contributed by atoms with Crippen molar-refractivity contribution in [2.24, 2.45) is 0 Å². The molecular weight excluding hydrogens is 434 g/mol. The predicted octanol–water partition coefficient (Wildman–Crippen LogP) is 3.33. The van der Waals surface area contributed by atoms with Gasteiger partial charge >= 0.3 is 0 Å². The molecule has 0 bridgehead atoms. The first kappa shape index (κ1) is 21.3. The lowest BCUT2D eigenvalue weighted by Gasteiger charge is -2.29. The number of nitrogens with one attached hydrogen (secondary N) is 1. The van der Waals surface area contributed by atoms with E-state index >= 15 is 0 Å². The summed E-state index contributed by atoms with van der Waals surface area (Å²) < 4.78 is 6.33. The summed E-state index contributed by atoms with van der Waals surface area (Å²) in [4.78, 5) is 28.6. The molecule has 2 aromatic carbocycles. The molecule has 0 saturated heterocycles. The van der Waals surface area contributed by atoms with Crippen LogP contribution in [0.3, 0.4) is 0 Å². The van der Waals surface area contributed by atoms with Crippen molar-refractivity contribution in [3.63, 3.8) is 0 Å². The van der Waals surface area contributed by atoms with Gasteiger partial charge in [0.2, 0.25) is 5.91 Å². The Morgan fingerprint density at radius 3 is 2.69 bits per heavy atom. The highest BCUT2D eigenvalue weighted by Crippen LogP contribution is 2.34. The van der Waals surface area contributed by atoms with Gasteiger partial charge in [0, 0.05) is 23.6 Å². The predicted molar refractivity (Wildman–Crippen MR) is 117 cm³/mol. The Hall–Kier alpha value is -2.38. The summed E-state index contributed by atoms with van der Waals surface area (Å²) in [6.45, 7) is 5.44. The Morgan fingerprint density at radius 2 is 1.97 bits per heavy atom. The third-order valence-electron chi connectivity index (χ3n) is 5.06. The second-order valence-electron chi connectivity index (χ2n) is 7.43. The van der Waals surface area contributed by atoms with Gasteiger partial charge in [-0.05, 0) is 50.2 Å². The van der Waals surface area contributed by atoms with E-state index in [2.05, 4.69) is 53.1 Å². The molecule has 0 aromatic heterocycles. The van der Waals surface area contributed by atoms with E-state index in [0.29, 0.717) is 24.0 Å². The SMILES string of the molecule is CC(C)N(C)Cc1ccccc1CNC(=O)CN1C(=O)COc2cc(Br)ccc21. The second kappa shape index (κ2) is 9.41. The van der Waals surface area contributed by atoms with E-state index in [9.17, 15) is 9.59 Å². The molecule has 0 fully saturated rings. The van der Waals surface area contributed by atoms with Crippen molar-refractivity contribution in [1.82, 2.24) is 10.2 Å². The lowest BCUT2D eigenvalue weighted by Crippen LogP contribution is -2.45. The number of anilines is 1. The summed E-state index contributed by atoms with van der Waals surface area (Å²) in [5, 5.41) is 2.95. The molecule has 7 heteroatoms. The molecule has 0 aliphatic carbocycles. The number of hydrogen-bond donors (Lipinski definition) is 1. The smallest absolute Gasteiger partial charge is 0.265 e. The van der Waals surface area contributed by atoms with Crippen molar-refractivity contribution in [3.05, 3.63) is 58.1 Å². The van der Waals surface area contributed by atoms with Crippen LogP contribution in [-0.2, 0) is 22.7 Å². The summed E-state index contributed by atoms with van der Waals surface area (Å²) in [6.07, 6.45) is 0. The van der Waals surface area contributed by atoms with Crippen LogP contribution in [0.1, 0.15) is 25.0 Å². The molecular formula is C22H26BrN3O3. The van der Waals surface area contributed by atoms with Crippen LogP contribution in [-0.4, -0.2) is 43.0 Å². The van der Waals surface area contributed by atoms with E-state index in [1.165, 1.54) is 10.5 Å². The third kappa shape index (κ3) is 5.36. The van der Waals surface area contributed by atoms with E-state index in [1.807, 2.05) is 24.3 Å². The first-order chi connectivity index (χ1) is 13.8. The van der Waals surface area contributed by atoms with Crippen molar-refractivity contribution in [2.45, 2.75) is 33.0 Å². The largest absolute Gasteiger partial charge is 0.482 e. The number of benzene rings is 2. The molecule has 6 nitrogen and oxygen atoms in total. The van der Waals surface area contributed by atoms with Crippen molar-refractivity contribution in [3.8, 4) is 5.75 Å². The number of fused-ring (bicyclic) bond motifs is 1. The Balaban J connectivity index is 1.65. The molecule has 3 rings (SSSR count). The summed E-state index contributed by atoms with van der Waals surface area (Å²) in [7, 11) is 2.08. The minimum absolute atomic E-state index is 0.0368. The zero-order chi connectivity index (χ0) is 21.0. The first-order valence-electron chi connectivity index (χ1n) is 9.61. The fourth-order valence-corrected chi connectivity index (χ4v) is 3.42. The highest BCUT2D eigenvalue weighted by Gasteiger charge is 2.27. The second-order valence-corrected chi connectivity index (χ2v) is 8.35. The zero-order valence-electron chi connectivity index (χ0n) is 16.9. The maximum Gasteiger partial charge on any atom is 0.265 e. The average molecular weight is 460 g/mol. The maximum absolute atomic E-state index is 12.6. The number of carbonyl (C=O) groups is 2. The van der Waals surface area contributed by atoms with Crippen LogP contribution in [0.2, 0.25) is 0 Å². The molecule has 0 unspecified atom stereocenters. The van der Waals surface area contributed by atoms with Crippen molar-refractivity contribution in [2.75, 3.05) is 25.1 Å². The Bertz CT molecular complexity index is 901. The van der Waals surface area contributed by atoms with Crippen LogP contribution in [0.5, 0.6) is 5.75 Å². The van der Waals surface area contributed by atoms with E-state index in [-0.39, 0.29) is 25.0 Å². The van der Waals surface area contributed by atoms with Gasteiger partial charge in [-0.2, -0.15) is 0 Å². The summed E-state index contributed by atoms with van der Waals surface area (Å²) in [5.74, 6) is 0.156. The molecule has 1 aliphatic rings. The standard InChI is InChI=1S/C22H26BrN3O3/c1-15(2)25(3)12-17-7-5-4-6-16(17)11-24-21(27)13-26-19-9-8-18(23)10-20(19)29-14-22(26)28/h4-10,15H,11-14H2,1-3H3,(H,24,27). The summed E-state index contributed by atoms with van der Waals surface area (Å²) in [6, 6.07) is 13.9. The van der Waals surface area contributed by atoms with E-state index in [1.54, 1.807) is 12.1 Å². The number of halogens is 1. The van der Waals surface area contributed by atoms with E-state index in [4.69, 9.17) is 4.74 Å². The minimum atomic E-state index is -0.228. The fourth-order valence-electron chi connectivity index (χ4n) is 3.08. The normalized spacial score (nSPS) is 13.4. The molecule has 29 heavy (non-hydrogen) atoms. The van der Waals surface area contributed by atoms with E-state index < -0.39 is 0 Å². The van der Waals surface area contributed by atoms with E-state index in [0.717, 1.165) is 16.6 Å². The van der Waals surface area contributed by atoms with Crippen LogP contribution in [0.25, 0.3) is 0 Å². The third-order valence-corrected chi connectivity index (χ3v) is 5.56. The molecule has 0 radical (unpaired) electrons. The summed E-state index contributed by atoms with van der Waals surface area (Å²) >= 11 is 3.39. The van der Waals surface area contributed by atoms with Crippen molar-refractivity contribution in [1.29, 1.82) is 0 Å². The van der Waals surface area contributed by atoms with Crippen LogP contribution in [0.15, 0.2) is 46.9 Å². The van der Waals surface area contributed by atoms with Crippen molar-refractivity contribution < 1.29 is 14.3 Å². The monoisotopic (exact) mass is 459 g/mol. The Morgan fingerprint density at radius 1 is 1.24 bits per heavy atom. The molecule has 0 spiro atoms. The van der Waals surface area contributed by atoms with Gasteiger partial charge in [0.25, 0.3) is 5.91 Å². The molecule has 1 N–H and O–H groups in total. The molecule has 1 heterocycles. The fraction of sp³-hybridized carbons (Fsp3) is 0.364. The summed E-state index contributed by atoms with van der Waals surface area (Å²) in [5.41, 5.74) is 2.87. The van der Waals surface area contributed by atoms with Gasteiger partial charge in [-0.15, -0.1) is 0 Å². The molecule has 154 valence electrons. The first-order valence-corrected chi connectivity index (χ1v) is 10.4. The average Bonchev–Trinajstić information content (AvgIpc) is 2.69. The van der Waals surface area contributed by atoms with Gasteiger partial charge in [0.05, 0.1) is 5.69 Å². The van der Waals surface area contributed by atoms with Crippen LogP contribution in [0.4, 0.5) is 5.69 Å². The van der Waals surface area contributed by atoms with Gasteiger partial charge in [-0.1, -0.05) is 40.2 Å². The van der Waals surface area contributed by atoms with Gasteiger partial charge in [-0.3, -0.25) is 19.4 Å². The number of carbonyl (C=O) groups excluding carboxylic acids is 2. The molecule has 2 aromatic rings. The van der Waals surface area contributed by atoms with Crippen LogP contribution >= 0.6 is 15.9 Å². The van der Waals surface area contributed by atoms with Crippen LogP contribution < -0.4 is 15.0 Å². The minimum Gasteiger partial charge on any atom is -0.482 e. The quantitative estimate of drug-likeness (QED) is 0.689. The Labute approximate surface area is 180 Å². The number of nitrogens with zero attached hydrogens (tertiary/aromatic N) is 2. The lowest BCUT2D eigenvalue weighted by atomic mass is 10.1. The Kier molecular flexibility index (Phi) is 6.92.